The van der Waals surface area contributed by atoms with Crippen LogP contribution in [-0.2, 0) is 18.7 Å². The van der Waals surface area contributed by atoms with Gasteiger partial charge >= 0.3 is 0 Å². The molecule has 0 unspecified atom stereocenters. The molecule has 1 aromatic rings. The maximum absolute atomic E-state index is 9.93. The van der Waals surface area contributed by atoms with Crippen LogP contribution in [0, 0.1) is 0 Å². The highest BCUT2D eigenvalue weighted by Crippen LogP contribution is 2.26. The predicted molar refractivity (Wildman–Crippen MR) is 65.5 cm³/mol. The van der Waals surface area contributed by atoms with Gasteiger partial charge in [-0.15, -0.1) is 24.8 Å². The van der Waals surface area contributed by atoms with E-state index in [4.69, 9.17) is 11.6 Å². The Kier molecular flexibility index (Phi) is 4.44. The Bertz CT molecular complexity index is 338. The summed E-state index contributed by atoms with van der Waals surface area (Å²) in [6, 6.07) is 3.83. The number of hydrogen-bond acceptors (Lipinski definition) is 1. The molecule has 0 bridgehead atoms. The summed E-state index contributed by atoms with van der Waals surface area (Å²) in [6.45, 7) is 7.33. The van der Waals surface area contributed by atoms with Gasteiger partial charge in [0.2, 0.25) is 0 Å². The van der Waals surface area contributed by atoms with Crippen molar-refractivity contribution < 1.29 is 5.11 Å². The first-order valence-corrected chi connectivity index (χ1v) is 5.37. The topological polar surface area (TPSA) is 20.2 Å². The summed E-state index contributed by atoms with van der Waals surface area (Å²) in [6.07, 6.45) is 4.84. The van der Waals surface area contributed by atoms with Crippen LogP contribution in [0.5, 0.6) is 5.75 Å². The third-order valence-corrected chi connectivity index (χ3v) is 2.52. The van der Waals surface area contributed by atoms with E-state index >= 15 is 0 Å². The van der Waals surface area contributed by atoms with E-state index in [1.54, 1.807) is 12.2 Å². The molecule has 1 N–H and O–H groups in total. The molecular weight excluding hydrogens is 208 g/mol. The van der Waals surface area contributed by atoms with Crippen LogP contribution < -0.4 is 0 Å². The summed E-state index contributed by atoms with van der Waals surface area (Å²) in [5, 5.41) is 9.93. The number of alkyl halides is 1. The molecule has 15 heavy (non-hydrogen) atoms. The summed E-state index contributed by atoms with van der Waals surface area (Å²) in [5.41, 5.74) is 2.77. The van der Waals surface area contributed by atoms with Crippen LogP contribution in [0.15, 0.2) is 37.4 Å². The Morgan fingerprint density at radius 2 is 1.60 bits per heavy atom. The quantitative estimate of drug-likeness (QED) is 0.596. The van der Waals surface area contributed by atoms with Crippen molar-refractivity contribution >= 4 is 11.6 Å². The maximum Gasteiger partial charge on any atom is 0.122 e. The summed E-state index contributed by atoms with van der Waals surface area (Å²) in [5.74, 6) is 0.790. The number of allylic oxidation sites excluding steroid dienone is 2. The first-order chi connectivity index (χ1) is 7.22. The van der Waals surface area contributed by atoms with Gasteiger partial charge in [-0.1, -0.05) is 24.3 Å². The average molecular weight is 223 g/mol. The van der Waals surface area contributed by atoms with E-state index in [2.05, 4.69) is 13.2 Å². The van der Waals surface area contributed by atoms with Gasteiger partial charge in [0.05, 0.1) is 0 Å². The number of phenols is 1. The van der Waals surface area contributed by atoms with Crippen LogP contribution in [0.25, 0.3) is 0 Å². The fourth-order valence-corrected chi connectivity index (χ4v) is 1.69. The monoisotopic (exact) mass is 222 g/mol. The molecule has 0 aromatic heterocycles. The molecule has 1 aromatic carbocycles. The van der Waals surface area contributed by atoms with E-state index in [1.165, 1.54) is 0 Å². The van der Waals surface area contributed by atoms with Gasteiger partial charge in [0.25, 0.3) is 0 Å². The highest BCUT2D eigenvalue weighted by Gasteiger charge is 2.07. The van der Waals surface area contributed by atoms with E-state index in [0.717, 1.165) is 16.7 Å². The normalized spacial score (nSPS) is 9.93. The van der Waals surface area contributed by atoms with E-state index in [1.807, 2.05) is 12.1 Å². The molecule has 0 atom stereocenters. The Balaban J connectivity index is 3.19. The molecule has 0 aliphatic heterocycles. The minimum absolute atomic E-state index is 0.337. The van der Waals surface area contributed by atoms with Gasteiger partial charge in [0.15, 0.2) is 0 Å². The Labute approximate surface area is 95.7 Å². The van der Waals surface area contributed by atoms with Crippen molar-refractivity contribution in [3.05, 3.63) is 54.1 Å². The zero-order valence-electron chi connectivity index (χ0n) is 8.67. The highest BCUT2D eigenvalue weighted by molar-refractivity contribution is 6.17. The molecule has 0 saturated heterocycles. The summed E-state index contributed by atoms with van der Waals surface area (Å²) in [4.78, 5) is 0. The van der Waals surface area contributed by atoms with Crippen molar-refractivity contribution in [1.29, 1.82) is 0 Å². The third-order valence-electron chi connectivity index (χ3n) is 2.21. The molecule has 0 aliphatic rings. The largest absolute Gasteiger partial charge is 0.507 e. The Morgan fingerprint density at radius 1 is 1.13 bits per heavy atom. The van der Waals surface area contributed by atoms with Crippen molar-refractivity contribution in [2.75, 3.05) is 0 Å². The number of aromatic hydroxyl groups is 1. The summed E-state index contributed by atoms with van der Waals surface area (Å²) >= 11 is 5.79. The smallest absolute Gasteiger partial charge is 0.122 e. The first kappa shape index (κ1) is 11.9. The van der Waals surface area contributed by atoms with Gasteiger partial charge < -0.3 is 5.11 Å². The first-order valence-electron chi connectivity index (χ1n) is 4.84. The molecule has 0 spiro atoms. The Morgan fingerprint density at radius 3 is 1.93 bits per heavy atom. The van der Waals surface area contributed by atoms with Crippen molar-refractivity contribution in [3.8, 4) is 5.75 Å². The molecule has 0 heterocycles. The SMILES string of the molecule is C=CCc1cc(CCl)cc(CC=C)c1O. The molecule has 1 nitrogen and oxygen atoms in total. The highest BCUT2D eigenvalue weighted by atomic mass is 35.5. The van der Waals surface area contributed by atoms with Crippen molar-refractivity contribution in [3.63, 3.8) is 0 Å². The van der Waals surface area contributed by atoms with Crippen LogP contribution >= 0.6 is 11.6 Å². The van der Waals surface area contributed by atoms with Crippen LogP contribution in [0.4, 0.5) is 0 Å². The molecule has 2 heteroatoms. The van der Waals surface area contributed by atoms with Gasteiger partial charge in [0.1, 0.15) is 5.75 Å². The fraction of sp³-hybridized carbons (Fsp3) is 0.231. The summed E-state index contributed by atoms with van der Waals surface area (Å²) < 4.78 is 0. The molecule has 0 aliphatic carbocycles. The van der Waals surface area contributed by atoms with Crippen LogP contribution in [0.3, 0.4) is 0 Å². The second-order valence-electron chi connectivity index (χ2n) is 3.38. The predicted octanol–water partition coefficient (Wildman–Crippen LogP) is 3.59. The number of benzene rings is 1. The molecule has 1 rings (SSSR count). The molecule has 0 radical (unpaired) electrons. The Hall–Kier alpha value is -1.21. The molecule has 0 saturated carbocycles. The van der Waals surface area contributed by atoms with Crippen molar-refractivity contribution in [2.45, 2.75) is 18.7 Å². The molecule has 0 amide bonds. The maximum atomic E-state index is 9.93. The van der Waals surface area contributed by atoms with Gasteiger partial charge in [-0.05, 0) is 29.5 Å². The van der Waals surface area contributed by atoms with Gasteiger partial charge in [-0.2, -0.15) is 0 Å². The van der Waals surface area contributed by atoms with Crippen molar-refractivity contribution in [1.82, 2.24) is 0 Å². The van der Waals surface area contributed by atoms with E-state index in [0.29, 0.717) is 24.5 Å². The van der Waals surface area contributed by atoms with Gasteiger partial charge in [0, 0.05) is 5.88 Å². The molecular formula is C13H15ClO. The number of halogens is 1. The zero-order valence-corrected chi connectivity index (χ0v) is 9.43. The minimum Gasteiger partial charge on any atom is -0.507 e. The number of rotatable bonds is 5. The number of hydrogen-bond donors (Lipinski definition) is 1. The number of phenolic OH excluding ortho intramolecular Hbond substituents is 1. The van der Waals surface area contributed by atoms with E-state index in [-0.39, 0.29) is 0 Å². The second kappa shape index (κ2) is 5.62. The lowest BCUT2D eigenvalue weighted by Crippen LogP contribution is -1.92. The fourth-order valence-electron chi connectivity index (χ4n) is 1.53. The minimum atomic E-state index is 0.337. The summed E-state index contributed by atoms with van der Waals surface area (Å²) in [7, 11) is 0. The van der Waals surface area contributed by atoms with Crippen LogP contribution in [-0.4, -0.2) is 5.11 Å². The van der Waals surface area contributed by atoms with E-state index < -0.39 is 0 Å². The molecule has 0 fully saturated rings. The molecule has 80 valence electrons. The standard InChI is InChI=1S/C13H15ClO/c1-3-5-11-7-10(9-14)8-12(6-4-2)13(11)15/h3-4,7-8,15H,1-2,5-6,9H2. The lowest BCUT2D eigenvalue weighted by Gasteiger charge is -2.09. The zero-order chi connectivity index (χ0) is 11.3. The van der Waals surface area contributed by atoms with Crippen molar-refractivity contribution in [2.24, 2.45) is 0 Å². The average Bonchev–Trinajstić information content (AvgIpc) is 2.24. The second-order valence-corrected chi connectivity index (χ2v) is 3.65. The lowest BCUT2D eigenvalue weighted by atomic mass is 10.0. The van der Waals surface area contributed by atoms with Gasteiger partial charge in [-0.3, -0.25) is 0 Å². The third kappa shape index (κ3) is 2.87. The van der Waals surface area contributed by atoms with Crippen LogP contribution in [0.1, 0.15) is 16.7 Å². The van der Waals surface area contributed by atoms with Crippen LogP contribution in [0.2, 0.25) is 0 Å². The van der Waals surface area contributed by atoms with Gasteiger partial charge in [-0.25, -0.2) is 0 Å². The lowest BCUT2D eigenvalue weighted by molar-refractivity contribution is 0.464. The van der Waals surface area contributed by atoms with E-state index in [9.17, 15) is 5.11 Å².